The van der Waals surface area contributed by atoms with Crippen LogP contribution in [0.1, 0.15) is 91.3 Å². The van der Waals surface area contributed by atoms with Gasteiger partial charge in [-0.2, -0.15) is 0 Å². The Labute approximate surface area is 280 Å². The summed E-state index contributed by atoms with van der Waals surface area (Å²) in [7, 11) is 4.39. The van der Waals surface area contributed by atoms with Gasteiger partial charge in [-0.15, -0.1) is 0 Å². The van der Waals surface area contributed by atoms with Crippen molar-refractivity contribution in [1.82, 2.24) is 14.9 Å². The van der Waals surface area contributed by atoms with E-state index in [0.717, 1.165) is 0 Å². The fraction of sp³-hybridized carbons (Fsp3) is 0.444. The molecule has 3 N–H and O–H groups in total. The molecular weight excluding hydrogens is 618 g/mol. The van der Waals surface area contributed by atoms with Gasteiger partial charge in [0.15, 0.2) is 11.5 Å². The zero-order valence-electron chi connectivity index (χ0n) is 28.0. The van der Waals surface area contributed by atoms with Gasteiger partial charge in [-0.05, 0) is 68.4 Å². The van der Waals surface area contributed by atoms with Crippen molar-refractivity contribution in [2.24, 2.45) is 0 Å². The van der Waals surface area contributed by atoms with E-state index >= 15 is 0 Å². The number of carbonyl (C=O) groups is 3. The van der Waals surface area contributed by atoms with Crippen molar-refractivity contribution in [3.8, 4) is 28.7 Å². The number of imidazole rings is 1. The number of aromatic nitrogens is 2. The first-order valence-electron chi connectivity index (χ1n) is 16.2. The maximum atomic E-state index is 13.7. The van der Waals surface area contributed by atoms with Crippen LogP contribution in [0.5, 0.6) is 28.7 Å². The van der Waals surface area contributed by atoms with E-state index < -0.39 is 23.7 Å². The number of carbonyl (C=O) groups excluding carboxylic acids is 3. The molecule has 4 rings (SSSR count). The number of aromatic hydroxyl groups is 2. The number of allylic oxidation sites excluding steroid dienone is 1. The highest BCUT2D eigenvalue weighted by atomic mass is 16.5. The number of hydrogen-bond acceptors (Lipinski definition) is 10. The van der Waals surface area contributed by atoms with Crippen LogP contribution in [-0.4, -0.2) is 71.4 Å². The van der Waals surface area contributed by atoms with Gasteiger partial charge in [-0.1, -0.05) is 12.2 Å². The van der Waals surface area contributed by atoms with Crippen LogP contribution in [-0.2, 0) is 20.9 Å². The number of phenols is 2. The highest BCUT2D eigenvalue weighted by Gasteiger charge is 2.32. The van der Waals surface area contributed by atoms with Crippen LogP contribution in [0.3, 0.4) is 0 Å². The van der Waals surface area contributed by atoms with Crippen LogP contribution in [0, 0.1) is 0 Å². The molecule has 3 aromatic rings. The number of nitrogens with one attached hydrogen (secondary N) is 1. The van der Waals surface area contributed by atoms with Gasteiger partial charge in [0.1, 0.15) is 22.8 Å². The average Bonchev–Trinajstić information content (AvgIpc) is 3.58. The van der Waals surface area contributed by atoms with Gasteiger partial charge in [0.25, 0.3) is 0 Å². The van der Waals surface area contributed by atoms with E-state index in [9.17, 15) is 24.6 Å². The summed E-state index contributed by atoms with van der Waals surface area (Å²) < 4.78 is 24.3. The van der Waals surface area contributed by atoms with Crippen molar-refractivity contribution in [1.29, 1.82) is 0 Å². The van der Waals surface area contributed by atoms with Crippen molar-refractivity contribution in [3.05, 3.63) is 65.2 Å². The zero-order chi connectivity index (χ0) is 34.6. The Bertz CT molecular complexity index is 1580. The van der Waals surface area contributed by atoms with E-state index in [0.29, 0.717) is 80.8 Å². The number of hydrogen-bond donors (Lipinski definition) is 3. The van der Waals surface area contributed by atoms with Gasteiger partial charge in [0.2, 0.25) is 11.7 Å². The van der Waals surface area contributed by atoms with Crippen LogP contribution in [0.15, 0.2) is 43.0 Å². The Morgan fingerprint density at radius 3 is 2.48 bits per heavy atom. The number of cyclic esters (lactones) is 1. The zero-order valence-corrected chi connectivity index (χ0v) is 28.0. The third-order valence-electron chi connectivity index (χ3n) is 8.35. The molecule has 0 bridgehead atoms. The summed E-state index contributed by atoms with van der Waals surface area (Å²) >= 11 is 0. The minimum Gasteiger partial charge on any atom is -0.507 e. The standard InChI is InChI=1S/C36H45N3O9/c1-23-10-8-13-26(40)12-7-5-6-11-24-18-28(41)33(34(43)32(24)36(44)48-23)27(21-31(42)38-14-9-16-39-17-15-37-22-39)25-19-29(45-2)35(47-4)30(20-25)46-3/h6,11,15,17-20,22-23,27,41,43H,5,7-10,12-14,16,21H2,1-4H3,(H,38,42)/b11-6+/t23-,27?/m0/s1. The maximum Gasteiger partial charge on any atom is 0.342 e. The molecule has 2 heterocycles. The third kappa shape index (κ3) is 9.08. The number of Topliss-reactive ketones (excluding diaryl/α,β-unsaturated/α-hetero) is 1. The maximum absolute atomic E-state index is 13.7. The number of amides is 1. The molecule has 258 valence electrons. The first-order valence-corrected chi connectivity index (χ1v) is 16.2. The normalized spacial score (nSPS) is 17.0. The van der Waals surface area contributed by atoms with Crippen molar-refractivity contribution in [3.63, 3.8) is 0 Å². The molecule has 1 aliphatic heterocycles. The molecule has 0 saturated heterocycles. The first-order chi connectivity index (χ1) is 23.2. The molecule has 12 nitrogen and oxygen atoms in total. The molecule has 2 aromatic carbocycles. The van der Waals surface area contributed by atoms with Crippen LogP contribution < -0.4 is 19.5 Å². The molecule has 0 saturated carbocycles. The Morgan fingerprint density at radius 2 is 1.81 bits per heavy atom. The Kier molecular flexibility index (Phi) is 12.9. The Hall–Kier alpha value is -5.00. The lowest BCUT2D eigenvalue weighted by atomic mass is 9.84. The number of phenolic OH excluding ortho intramolecular Hbond substituents is 2. The van der Waals surface area contributed by atoms with Crippen LogP contribution in [0.25, 0.3) is 6.08 Å². The number of fused-ring (bicyclic) bond motifs is 1. The summed E-state index contributed by atoms with van der Waals surface area (Å²) in [5.74, 6) is -1.78. The van der Waals surface area contributed by atoms with Crippen LogP contribution in [0.4, 0.5) is 0 Å². The molecule has 0 aliphatic carbocycles. The molecule has 1 aliphatic rings. The predicted molar refractivity (Wildman–Crippen MR) is 179 cm³/mol. The monoisotopic (exact) mass is 663 g/mol. The Balaban J connectivity index is 1.78. The minimum atomic E-state index is -0.953. The molecule has 0 fully saturated rings. The van der Waals surface area contributed by atoms with Gasteiger partial charge in [-0.3, -0.25) is 9.59 Å². The van der Waals surface area contributed by atoms with E-state index in [2.05, 4.69) is 10.3 Å². The lowest BCUT2D eigenvalue weighted by molar-refractivity contribution is -0.121. The number of ketones is 1. The number of ether oxygens (including phenoxy) is 4. The van der Waals surface area contributed by atoms with Crippen molar-refractivity contribution in [2.75, 3.05) is 27.9 Å². The van der Waals surface area contributed by atoms with Crippen molar-refractivity contribution < 1.29 is 43.5 Å². The quantitative estimate of drug-likeness (QED) is 0.176. The number of nitrogens with zero attached hydrogens (tertiary/aromatic N) is 2. The summed E-state index contributed by atoms with van der Waals surface area (Å²) in [6, 6.07) is 4.67. The summed E-state index contributed by atoms with van der Waals surface area (Å²) in [5.41, 5.74) is 0.562. The summed E-state index contributed by atoms with van der Waals surface area (Å²) in [4.78, 5) is 43.3. The summed E-state index contributed by atoms with van der Waals surface area (Å²) in [6.07, 6.45) is 11.7. The second-order valence-corrected chi connectivity index (χ2v) is 11.8. The van der Waals surface area contributed by atoms with Crippen LogP contribution >= 0.6 is 0 Å². The lowest BCUT2D eigenvalue weighted by Gasteiger charge is -2.24. The van der Waals surface area contributed by atoms with E-state index in [4.69, 9.17) is 18.9 Å². The first kappa shape index (κ1) is 35.8. The SMILES string of the molecule is COc1cc(C(CC(=O)NCCCn2ccnc2)c2c(O)cc3c(c2O)C(=O)O[C@@H](C)CCCC(=O)CCC/C=C/3)cc(OC)c1OC. The van der Waals surface area contributed by atoms with E-state index in [-0.39, 0.29) is 40.6 Å². The summed E-state index contributed by atoms with van der Waals surface area (Å²) in [6.45, 7) is 2.77. The summed E-state index contributed by atoms with van der Waals surface area (Å²) in [5, 5.41) is 26.3. The average molecular weight is 664 g/mol. The highest BCUT2D eigenvalue weighted by molar-refractivity contribution is 5.98. The lowest BCUT2D eigenvalue weighted by Crippen LogP contribution is -2.27. The van der Waals surface area contributed by atoms with Crippen molar-refractivity contribution in [2.45, 2.75) is 76.9 Å². The van der Waals surface area contributed by atoms with Gasteiger partial charge in [0, 0.05) is 56.2 Å². The molecule has 0 spiro atoms. The molecule has 0 radical (unpaired) electrons. The second-order valence-electron chi connectivity index (χ2n) is 11.8. The van der Waals surface area contributed by atoms with Gasteiger partial charge in [-0.25, -0.2) is 9.78 Å². The fourth-order valence-corrected chi connectivity index (χ4v) is 5.87. The minimum absolute atomic E-state index is 0.0266. The van der Waals surface area contributed by atoms with Gasteiger partial charge < -0.3 is 39.0 Å². The third-order valence-corrected chi connectivity index (χ3v) is 8.35. The topological polar surface area (TPSA) is 158 Å². The largest absolute Gasteiger partial charge is 0.507 e. The molecule has 2 atom stereocenters. The molecule has 1 unspecified atom stereocenters. The van der Waals surface area contributed by atoms with Gasteiger partial charge >= 0.3 is 5.97 Å². The number of aryl methyl sites for hydroxylation is 1. The molecule has 48 heavy (non-hydrogen) atoms. The highest BCUT2D eigenvalue weighted by Crippen LogP contribution is 2.47. The second kappa shape index (κ2) is 17.2. The fourth-order valence-electron chi connectivity index (χ4n) is 5.87. The smallest absolute Gasteiger partial charge is 0.342 e. The van der Waals surface area contributed by atoms with E-state index in [1.807, 2.05) is 10.8 Å². The van der Waals surface area contributed by atoms with Gasteiger partial charge in [0.05, 0.1) is 33.8 Å². The van der Waals surface area contributed by atoms with Crippen LogP contribution in [0.2, 0.25) is 0 Å². The molecule has 12 heteroatoms. The van der Waals surface area contributed by atoms with E-state index in [1.54, 1.807) is 43.7 Å². The number of methoxy groups -OCH3 is 3. The molecule has 1 aromatic heterocycles. The molecular formula is C36H45N3O9. The van der Waals surface area contributed by atoms with E-state index in [1.165, 1.54) is 27.4 Å². The number of esters is 1. The predicted octanol–water partition coefficient (Wildman–Crippen LogP) is 5.53. The van der Waals surface area contributed by atoms with Crippen molar-refractivity contribution >= 4 is 23.7 Å². The number of benzene rings is 2. The molecule has 1 amide bonds. The Morgan fingerprint density at radius 1 is 1.08 bits per heavy atom. The number of rotatable bonds is 11.